The second kappa shape index (κ2) is 7.87. The Morgan fingerprint density at radius 2 is 2.07 bits per heavy atom. The van der Waals surface area contributed by atoms with Crippen molar-refractivity contribution in [3.05, 3.63) is 53.7 Å². The van der Waals surface area contributed by atoms with Crippen molar-refractivity contribution in [2.24, 2.45) is 5.92 Å². The van der Waals surface area contributed by atoms with Crippen LogP contribution in [0.15, 0.2) is 42.6 Å². The van der Waals surface area contributed by atoms with Gasteiger partial charge in [-0.15, -0.1) is 0 Å². The van der Waals surface area contributed by atoms with Gasteiger partial charge < -0.3 is 16.0 Å². The molecule has 0 unspecified atom stereocenters. The number of amides is 2. The molecule has 0 aliphatic carbocycles. The lowest BCUT2D eigenvalue weighted by Gasteiger charge is -2.37. The number of nitrogens with zero attached hydrogens (tertiary/aromatic N) is 3. The molecule has 3 rings (SSSR count). The van der Waals surface area contributed by atoms with Gasteiger partial charge in [-0.1, -0.05) is 30.3 Å². The Hall–Kier alpha value is -3.40. The molecule has 2 heterocycles. The van der Waals surface area contributed by atoms with Gasteiger partial charge in [0, 0.05) is 6.54 Å². The summed E-state index contributed by atoms with van der Waals surface area (Å²) >= 11 is 0. The normalized spacial score (nSPS) is 19.2. The molecule has 1 aromatic heterocycles. The number of rotatable bonds is 2. The maximum absolute atomic E-state index is 12.8. The fourth-order valence-corrected chi connectivity index (χ4v) is 3.29. The Labute approximate surface area is 157 Å². The number of nitrogen functional groups attached to an aromatic ring is 1. The van der Waals surface area contributed by atoms with Crippen LogP contribution in [0.3, 0.4) is 0 Å². The number of anilines is 2. The number of likely N-dealkylation sites (tertiary alicyclic amines) is 1. The van der Waals surface area contributed by atoms with Crippen molar-refractivity contribution in [3.8, 4) is 6.07 Å². The molecule has 1 aromatic carbocycles. The molecule has 0 spiro atoms. The highest BCUT2D eigenvalue weighted by Crippen LogP contribution is 2.34. The van der Waals surface area contributed by atoms with Crippen LogP contribution in [0.5, 0.6) is 0 Å². The van der Waals surface area contributed by atoms with Gasteiger partial charge >= 0.3 is 11.8 Å². The van der Waals surface area contributed by atoms with Gasteiger partial charge in [-0.25, -0.2) is 4.98 Å². The van der Waals surface area contributed by atoms with Gasteiger partial charge in [0.2, 0.25) is 0 Å². The average Bonchev–Trinajstić information content (AvgIpc) is 2.70. The fraction of sp³-hybridized carbons (Fsp3) is 0.300. The number of aryl methyl sites for hydroxylation is 1. The standard InChI is InChI=1S/C20H21N5O2/c1-13-9-16(12-23-18(13)22)24-19(26)20(27)25-8-7-14(11-21)10-17(25)15-5-3-2-4-6-15/h2-6,9,12,14,17H,7-8,10H2,1H3,(H2,22,23)(H,24,26)/t14-,17+/m1/s1. The van der Waals surface area contributed by atoms with E-state index in [1.165, 1.54) is 6.20 Å². The van der Waals surface area contributed by atoms with Gasteiger partial charge in [0.25, 0.3) is 0 Å². The summed E-state index contributed by atoms with van der Waals surface area (Å²) in [5.41, 5.74) is 7.74. The number of piperidine rings is 1. The summed E-state index contributed by atoms with van der Waals surface area (Å²) in [6, 6.07) is 13.1. The van der Waals surface area contributed by atoms with Crippen LogP contribution in [-0.2, 0) is 9.59 Å². The molecule has 2 aromatic rings. The summed E-state index contributed by atoms with van der Waals surface area (Å²) in [6.45, 7) is 2.14. The van der Waals surface area contributed by atoms with Gasteiger partial charge in [-0.3, -0.25) is 9.59 Å². The van der Waals surface area contributed by atoms with E-state index in [1.54, 1.807) is 17.9 Å². The van der Waals surface area contributed by atoms with Crippen molar-refractivity contribution in [1.82, 2.24) is 9.88 Å². The number of nitriles is 1. The van der Waals surface area contributed by atoms with E-state index < -0.39 is 11.8 Å². The maximum atomic E-state index is 12.8. The SMILES string of the molecule is Cc1cc(NC(=O)C(=O)N2CC[C@@H](C#N)C[C@H]2c2ccccc2)cnc1N. The van der Waals surface area contributed by atoms with Crippen molar-refractivity contribution in [3.63, 3.8) is 0 Å². The molecule has 2 atom stereocenters. The molecule has 1 aliphatic rings. The first kappa shape index (κ1) is 18.4. The molecule has 1 aliphatic heterocycles. The first-order valence-electron chi connectivity index (χ1n) is 8.78. The van der Waals surface area contributed by atoms with E-state index in [9.17, 15) is 14.9 Å². The van der Waals surface area contributed by atoms with E-state index >= 15 is 0 Å². The number of hydrogen-bond donors (Lipinski definition) is 2. The number of benzene rings is 1. The monoisotopic (exact) mass is 363 g/mol. The highest BCUT2D eigenvalue weighted by molar-refractivity contribution is 6.39. The van der Waals surface area contributed by atoms with Crippen LogP contribution in [-0.4, -0.2) is 28.2 Å². The first-order chi connectivity index (χ1) is 13.0. The highest BCUT2D eigenvalue weighted by atomic mass is 16.2. The zero-order chi connectivity index (χ0) is 19.4. The molecule has 1 fully saturated rings. The number of carbonyl (C=O) groups excluding carboxylic acids is 2. The molecule has 1 saturated heterocycles. The highest BCUT2D eigenvalue weighted by Gasteiger charge is 2.35. The third-order valence-electron chi connectivity index (χ3n) is 4.80. The molecule has 3 N–H and O–H groups in total. The molecule has 0 radical (unpaired) electrons. The van der Waals surface area contributed by atoms with Crippen LogP contribution in [0.4, 0.5) is 11.5 Å². The molecule has 0 bridgehead atoms. The lowest BCUT2D eigenvalue weighted by atomic mass is 9.88. The van der Waals surface area contributed by atoms with E-state index in [0.29, 0.717) is 30.9 Å². The Kier molecular flexibility index (Phi) is 5.36. The van der Waals surface area contributed by atoms with E-state index in [0.717, 1.165) is 11.1 Å². The minimum atomic E-state index is -0.725. The van der Waals surface area contributed by atoms with Crippen LogP contribution < -0.4 is 11.1 Å². The summed E-state index contributed by atoms with van der Waals surface area (Å²) in [6.07, 6.45) is 2.49. The fourth-order valence-electron chi connectivity index (χ4n) is 3.29. The zero-order valence-corrected chi connectivity index (χ0v) is 15.1. The van der Waals surface area contributed by atoms with Crippen LogP contribution in [0, 0.1) is 24.2 Å². The Morgan fingerprint density at radius 3 is 2.74 bits per heavy atom. The van der Waals surface area contributed by atoms with Crippen molar-refractivity contribution < 1.29 is 9.59 Å². The topological polar surface area (TPSA) is 112 Å². The summed E-state index contributed by atoms with van der Waals surface area (Å²) in [5, 5.41) is 11.9. The van der Waals surface area contributed by atoms with E-state index in [2.05, 4.69) is 16.4 Å². The van der Waals surface area contributed by atoms with Gasteiger partial charge in [-0.2, -0.15) is 5.26 Å². The number of hydrogen-bond acceptors (Lipinski definition) is 5. The largest absolute Gasteiger partial charge is 0.383 e. The number of nitrogens with two attached hydrogens (primary N) is 1. The number of nitrogens with one attached hydrogen (secondary N) is 1. The Morgan fingerprint density at radius 1 is 1.33 bits per heavy atom. The van der Waals surface area contributed by atoms with Crippen LogP contribution >= 0.6 is 0 Å². The van der Waals surface area contributed by atoms with Gasteiger partial charge in [0.1, 0.15) is 5.82 Å². The number of aromatic nitrogens is 1. The predicted molar refractivity (Wildman–Crippen MR) is 101 cm³/mol. The van der Waals surface area contributed by atoms with Crippen LogP contribution in [0.25, 0.3) is 0 Å². The minimum absolute atomic E-state index is 0.133. The predicted octanol–water partition coefficient (Wildman–Crippen LogP) is 2.41. The first-order valence-corrected chi connectivity index (χ1v) is 8.78. The van der Waals surface area contributed by atoms with Crippen molar-refractivity contribution in [2.45, 2.75) is 25.8 Å². The van der Waals surface area contributed by atoms with E-state index in [1.807, 2.05) is 30.3 Å². The molecule has 27 heavy (non-hydrogen) atoms. The second-order valence-electron chi connectivity index (χ2n) is 6.66. The molecule has 2 amide bonds. The minimum Gasteiger partial charge on any atom is -0.383 e. The van der Waals surface area contributed by atoms with Gasteiger partial charge in [0.15, 0.2) is 0 Å². The molecule has 7 heteroatoms. The molecule has 138 valence electrons. The quantitative estimate of drug-likeness (QED) is 0.796. The Bertz CT molecular complexity index is 891. The maximum Gasteiger partial charge on any atom is 0.313 e. The number of pyridine rings is 1. The summed E-state index contributed by atoms with van der Waals surface area (Å²) in [4.78, 5) is 30.9. The third-order valence-corrected chi connectivity index (χ3v) is 4.80. The van der Waals surface area contributed by atoms with Gasteiger partial charge in [-0.05, 0) is 37.0 Å². The van der Waals surface area contributed by atoms with Crippen molar-refractivity contribution in [1.29, 1.82) is 5.26 Å². The van der Waals surface area contributed by atoms with Gasteiger partial charge in [0.05, 0.1) is 29.9 Å². The molecular formula is C20H21N5O2. The second-order valence-corrected chi connectivity index (χ2v) is 6.66. The third kappa shape index (κ3) is 4.06. The van der Waals surface area contributed by atoms with Crippen molar-refractivity contribution in [2.75, 3.05) is 17.6 Å². The Balaban J connectivity index is 1.79. The van der Waals surface area contributed by atoms with E-state index in [4.69, 9.17) is 5.73 Å². The smallest absolute Gasteiger partial charge is 0.313 e. The lowest BCUT2D eigenvalue weighted by molar-refractivity contribution is -0.146. The van der Waals surface area contributed by atoms with Crippen LogP contribution in [0.2, 0.25) is 0 Å². The van der Waals surface area contributed by atoms with Crippen LogP contribution in [0.1, 0.15) is 30.0 Å². The zero-order valence-electron chi connectivity index (χ0n) is 15.1. The number of carbonyl (C=O) groups is 2. The van der Waals surface area contributed by atoms with E-state index in [-0.39, 0.29) is 12.0 Å². The molecule has 7 nitrogen and oxygen atoms in total. The van der Waals surface area contributed by atoms with Crippen molar-refractivity contribution >= 4 is 23.3 Å². The summed E-state index contributed by atoms with van der Waals surface area (Å²) in [7, 11) is 0. The average molecular weight is 363 g/mol. The summed E-state index contributed by atoms with van der Waals surface area (Å²) < 4.78 is 0. The molecular weight excluding hydrogens is 342 g/mol. The lowest BCUT2D eigenvalue weighted by Crippen LogP contribution is -2.46. The molecule has 0 saturated carbocycles. The summed E-state index contributed by atoms with van der Waals surface area (Å²) in [5.74, 6) is -1.10.